The summed E-state index contributed by atoms with van der Waals surface area (Å²) in [6.45, 7) is 3.59. The number of aromatic nitrogens is 1. The molecule has 11 heteroatoms. The zero-order chi connectivity index (χ0) is 29.2. The van der Waals surface area contributed by atoms with Gasteiger partial charge in [0, 0.05) is 16.1 Å². The van der Waals surface area contributed by atoms with E-state index in [0.717, 1.165) is 24.8 Å². The van der Waals surface area contributed by atoms with Crippen LogP contribution >= 0.6 is 11.6 Å². The molecule has 212 valence electrons. The quantitative estimate of drug-likeness (QED) is 0.153. The largest absolute Gasteiger partial charge is 0.461 e. The Kier molecular flexibility index (Phi) is 8.39. The number of halogens is 7. The lowest BCUT2D eigenvalue weighted by Gasteiger charge is -2.16. The number of hydrogen-bond acceptors (Lipinski definition) is 3. The Morgan fingerprint density at radius 1 is 0.875 bits per heavy atom. The van der Waals surface area contributed by atoms with Crippen molar-refractivity contribution in [3.8, 4) is 17.2 Å². The normalized spacial score (nSPS) is 12.1. The highest BCUT2D eigenvalue weighted by atomic mass is 35.5. The lowest BCUT2D eigenvalue weighted by molar-refractivity contribution is -0.143. The van der Waals surface area contributed by atoms with Gasteiger partial charge in [-0.15, -0.1) is 0 Å². The number of ether oxygens (including phenoxy) is 2. The van der Waals surface area contributed by atoms with E-state index < -0.39 is 35.2 Å². The minimum absolute atomic E-state index is 0.000633. The van der Waals surface area contributed by atoms with Crippen LogP contribution in [-0.2, 0) is 23.5 Å². The van der Waals surface area contributed by atoms with Gasteiger partial charge in [0.15, 0.2) is 11.4 Å². The zero-order valence-corrected chi connectivity index (χ0v) is 22.2. The van der Waals surface area contributed by atoms with Gasteiger partial charge in [-0.25, -0.2) is 4.79 Å². The fraction of sp³-hybridized carbons (Fsp3) is 0.276. The van der Waals surface area contributed by atoms with Gasteiger partial charge in [-0.3, -0.25) is 0 Å². The predicted molar refractivity (Wildman–Crippen MR) is 139 cm³/mol. The predicted octanol–water partition coefficient (Wildman–Crippen LogP) is 9.63. The van der Waals surface area contributed by atoms with E-state index in [0.29, 0.717) is 23.3 Å². The molecule has 1 heterocycles. The van der Waals surface area contributed by atoms with Crippen LogP contribution in [0.1, 0.15) is 53.9 Å². The second-order valence-electron chi connectivity index (χ2n) is 9.01. The van der Waals surface area contributed by atoms with E-state index in [9.17, 15) is 31.1 Å². The number of benzene rings is 3. The van der Waals surface area contributed by atoms with Gasteiger partial charge >= 0.3 is 18.3 Å². The van der Waals surface area contributed by atoms with Crippen LogP contribution in [0.4, 0.5) is 26.3 Å². The van der Waals surface area contributed by atoms with E-state index in [2.05, 4.69) is 6.92 Å². The van der Waals surface area contributed by atoms with Gasteiger partial charge < -0.3 is 14.0 Å². The lowest BCUT2D eigenvalue weighted by Crippen LogP contribution is -2.13. The summed E-state index contributed by atoms with van der Waals surface area (Å²) in [6, 6.07) is 12.7. The zero-order valence-electron chi connectivity index (χ0n) is 21.4. The topological polar surface area (TPSA) is 40.5 Å². The average Bonchev–Trinajstić information content (AvgIpc) is 3.20. The molecular weight excluding hydrogens is 560 g/mol. The van der Waals surface area contributed by atoms with Crippen LogP contribution in [0.15, 0.2) is 60.7 Å². The highest BCUT2D eigenvalue weighted by Gasteiger charge is 2.38. The van der Waals surface area contributed by atoms with Gasteiger partial charge in [0.25, 0.3) is 0 Å². The molecule has 0 radical (unpaired) electrons. The molecule has 4 nitrogen and oxygen atoms in total. The Morgan fingerprint density at radius 2 is 1.50 bits per heavy atom. The third-order valence-corrected chi connectivity index (χ3v) is 6.38. The number of rotatable bonds is 8. The van der Waals surface area contributed by atoms with Crippen molar-refractivity contribution in [3.05, 3.63) is 88.1 Å². The minimum atomic E-state index is -5.08. The van der Waals surface area contributed by atoms with Gasteiger partial charge in [-0.1, -0.05) is 37.1 Å². The average molecular weight is 584 g/mol. The molecule has 0 saturated heterocycles. The molecule has 0 aliphatic rings. The smallest absolute Gasteiger partial charge is 0.416 e. The fourth-order valence-corrected chi connectivity index (χ4v) is 4.46. The molecule has 0 bridgehead atoms. The first kappa shape index (κ1) is 29.3. The molecule has 0 N–H and O–H groups in total. The molecule has 0 atom stereocenters. The number of nitrogens with zero attached hydrogens (tertiary/aromatic N) is 1. The highest BCUT2D eigenvalue weighted by Crippen LogP contribution is 2.43. The van der Waals surface area contributed by atoms with Crippen molar-refractivity contribution < 1.29 is 40.6 Å². The third-order valence-electron chi connectivity index (χ3n) is 6.15. The van der Waals surface area contributed by atoms with Crippen molar-refractivity contribution in [2.45, 2.75) is 45.5 Å². The lowest BCUT2D eigenvalue weighted by atomic mass is 10.1. The van der Waals surface area contributed by atoms with Crippen LogP contribution < -0.4 is 4.74 Å². The van der Waals surface area contributed by atoms with Gasteiger partial charge in [0.05, 0.1) is 23.3 Å². The van der Waals surface area contributed by atoms with E-state index in [1.807, 2.05) is 12.1 Å². The number of alkyl halides is 6. The van der Waals surface area contributed by atoms with Gasteiger partial charge in [-0.05, 0) is 73.9 Å². The summed E-state index contributed by atoms with van der Waals surface area (Å²) in [7, 11) is 0. The van der Waals surface area contributed by atoms with Gasteiger partial charge in [0.1, 0.15) is 5.75 Å². The molecule has 0 spiro atoms. The summed E-state index contributed by atoms with van der Waals surface area (Å²) in [5.74, 6) is -1.94. The maximum absolute atomic E-state index is 13.5. The van der Waals surface area contributed by atoms with Crippen molar-refractivity contribution in [2.75, 3.05) is 6.61 Å². The summed E-state index contributed by atoms with van der Waals surface area (Å²) >= 11 is 6.20. The SMILES string of the molecule is CCCCc1ccc(-n2c(C(=O)OCC)c(Oc3cc(C(F)(F)F)cc(C(F)(F)F)c3)c3cc(Cl)ccc32)cc1. The Morgan fingerprint density at radius 3 is 2.05 bits per heavy atom. The van der Waals surface area contributed by atoms with Crippen molar-refractivity contribution in [1.29, 1.82) is 0 Å². The number of carbonyl (C=O) groups is 1. The maximum atomic E-state index is 13.5. The first-order valence-corrected chi connectivity index (χ1v) is 12.8. The molecule has 0 fully saturated rings. The molecule has 40 heavy (non-hydrogen) atoms. The fourth-order valence-electron chi connectivity index (χ4n) is 4.29. The summed E-state index contributed by atoms with van der Waals surface area (Å²) in [4.78, 5) is 13.2. The van der Waals surface area contributed by atoms with Crippen molar-refractivity contribution in [2.24, 2.45) is 0 Å². The molecule has 3 aromatic carbocycles. The maximum Gasteiger partial charge on any atom is 0.416 e. The van der Waals surface area contributed by atoms with E-state index in [1.54, 1.807) is 31.2 Å². The molecule has 4 rings (SSSR count). The van der Waals surface area contributed by atoms with E-state index in [-0.39, 0.29) is 34.5 Å². The van der Waals surface area contributed by atoms with Crippen LogP contribution in [0, 0.1) is 0 Å². The first-order chi connectivity index (χ1) is 18.8. The number of fused-ring (bicyclic) bond motifs is 1. The molecule has 4 aromatic rings. The van der Waals surface area contributed by atoms with Crippen molar-refractivity contribution >= 4 is 28.5 Å². The Balaban J connectivity index is 1.97. The van der Waals surface area contributed by atoms with E-state index in [1.165, 1.54) is 10.6 Å². The number of hydrogen-bond donors (Lipinski definition) is 0. The number of unbranched alkanes of at least 4 members (excludes halogenated alkanes) is 1. The first-order valence-electron chi connectivity index (χ1n) is 12.4. The van der Waals surface area contributed by atoms with Crippen LogP contribution in [0.5, 0.6) is 11.5 Å². The summed E-state index contributed by atoms with van der Waals surface area (Å²) < 4.78 is 93.5. The van der Waals surface area contributed by atoms with E-state index in [4.69, 9.17) is 21.1 Å². The third kappa shape index (κ3) is 6.22. The summed E-state index contributed by atoms with van der Waals surface area (Å²) in [5.41, 5.74) is -1.38. The van der Waals surface area contributed by atoms with Crippen LogP contribution in [0.25, 0.3) is 16.6 Å². The minimum Gasteiger partial charge on any atom is -0.461 e. The number of carbonyl (C=O) groups excluding carboxylic acids is 1. The van der Waals surface area contributed by atoms with Crippen LogP contribution in [0.2, 0.25) is 5.02 Å². The van der Waals surface area contributed by atoms with E-state index >= 15 is 0 Å². The van der Waals surface area contributed by atoms with Crippen LogP contribution in [0.3, 0.4) is 0 Å². The summed E-state index contributed by atoms with van der Waals surface area (Å²) in [5, 5.41) is 0.399. The standard InChI is InChI=1S/C29H24ClF6NO3/c1-3-5-6-17-7-10-21(11-8-17)37-24-12-9-20(30)16-23(24)26(25(37)27(38)39-4-2)40-22-14-18(28(31,32)33)13-19(15-22)29(34,35)36/h7-16H,3-6H2,1-2H3. The van der Waals surface area contributed by atoms with Gasteiger partial charge in [-0.2, -0.15) is 26.3 Å². The second-order valence-corrected chi connectivity index (χ2v) is 9.45. The molecule has 0 amide bonds. The van der Waals surface area contributed by atoms with Crippen molar-refractivity contribution in [1.82, 2.24) is 4.57 Å². The number of aryl methyl sites for hydroxylation is 1. The molecule has 0 aliphatic heterocycles. The van der Waals surface area contributed by atoms with Crippen LogP contribution in [-0.4, -0.2) is 17.1 Å². The molecular formula is C29H24ClF6NO3. The summed E-state index contributed by atoms with van der Waals surface area (Å²) in [6.07, 6.45) is -7.34. The monoisotopic (exact) mass is 583 g/mol. The Bertz CT molecular complexity index is 1490. The second kappa shape index (κ2) is 11.4. The molecule has 0 unspecified atom stereocenters. The van der Waals surface area contributed by atoms with Crippen molar-refractivity contribution in [3.63, 3.8) is 0 Å². The Labute approximate surface area is 231 Å². The van der Waals surface area contributed by atoms with Gasteiger partial charge in [0.2, 0.25) is 0 Å². The molecule has 1 aromatic heterocycles. The molecule has 0 aliphatic carbocycles. The molecule has 0 saturated carbocycles. The Hall–Kier alpha value is -3.66. The number of esters is 1. The highest BCUT2D eigenvalue weighted by molar-refractivity contribution is 6.31.